The third-order valence-electron chi connectivity index (χ3n) is 2.87. The van der Waals surface area contributed by atoms with Crippen molar-refractivity contribution in [3.63, 3.8) is 0 Å². The Morgan fingerprint density at radius 3 is 2.41 bits per heavy atom. The van der Waals surface area contributed by atoms with Crippen molar-refractivity contribution in [1.82, 2.24) is 15.1 Å². The van der Waals surface area contributed by atoms with Crippen LogP contribution in [0.3, 0.4) is 0 Å². The number of hydrogen-bond acceptors (Lipinski definition) is 4. The van der Waals surface area contributed by atoms with Gasteiger partial charge < -0.3 is 16.0 Å². The van der Waals surface area contributed by atoms with Gasteiger partial charge in [-0.05, 0) is 6.92 Å². The fourth-order valence-electron chi connectivity index (χ4n) is 1.94. The number of hydrogen-bond donors (Lipinski definition) is 2. The van der Waals surface area contributed by atoms with Crippen molar-refractivity contribution in [3.05, 3.63) is 0 Å². The highest BCUT2D eigenvalue weighted by molar-refractivity contribution is 7.80. The zero-order valence-electron chi connectivity index (χ0n) is 10.4. The first-order valence-corrected chi connectivity index (χ1v) is 6.52. The maximum Gasteiger partial charge on any atom is 0.221 e. The molecule has 0 radical (unpaired) electrons. The maximum atomic E-state index is 11.3. The van der Waals surface area contributed by atoms with Gasteiger partial charge in [-0.25, -0.2) is 0 Å². The summed E-state index contributed by atoms with van der Waals surface area (Å²) in [6, 6.07) is 0. The maximum absolute atomic E-state index is 11.3. The molecule has 0 aliphatic carbocycles. The molecule has 0 saturated carbocycles. The van der Waals surface area contributed by atoms with Gasteiger partial charge in [0.25, 0.3) is 0 Å². The van der Waals surface area contributed by atoms with Crippen LogP contribution in [-0.2, 0) is 4.79 Å². The summed E-state index contributed by atoms with van der Waals surface area (Å²) in [6.07, 6.45) is 0.586. The van der Waals surface area contributed by atoms with Crippen LogP contribution >= 0.6 is 12.2 Å². The second-order valence-corrected chi connectivity index (χ2v) is 4.81. The highest BCUT2D eigenvalue weighted by atomic mass is 32.1. The lowest BCUT2D eigenvalue weighted by atomic mass is 10.3. The summed E-state index contributed by atoms with van der Waals surface area (Å²) in [5, 5.41) is 2.81. The van der Waals surface area contributed by atoms with E-state index in [1.807, 2.05) is 6.92 Å². The molecule has 1 rings (SSSR count). The van der Waals surface area contributed by atoms with Crippen LogP contribution in [0.2, 0.25) is 0 Å². The average Bonchev–Trinajstić information content (AvgIpc) is 2.28. The highest BCUT2D eigenvalue weighted by Crippen LogP contribution is 2.02. The van der Waals surface area contributed by atoms with Crippen LogP contribution in [0.1, 0.15) is 13.3 Å². The molecule has 5 nitrogen and oxygen atoms in total. The van der Waals surface area contributed by atoms with Crippen LogP contribution in [0, 0.1) is 0 Å². The number of nitrogens with two attached hydrogens (primary N) is 1. The van der Waals surface area contributed by atoms with Crippen LogP contribution in [-0.4, -0.2) is 66.5 Å². The minimum atomic E-state index is 0.137. The van der Waals surface area contributed by atoms with Crippen LogP contribution in [0.5, 0.6) is 0 Å². The quantitative estimate of drug-likeness (QED) is 0.624. The van der Waals surface area contributed by atoms with Gasteiger partial charge in [-0.3, -0.25) is 9.69 Å². The first-order valence-electron chi connectivity index (χ1n) is 6.11. The summed E-state index contributed by atoms with van der Waals surface area (Å²) in [5.74, 6) is 0.137. The van der Waals surface area contributed by atoms with E-state index in [4.69, 9.17) is 18.0 Å². The molecule has 3 N–H and O–H groups in total. The number of carbonyl (C=O) groups excluding carboxylic acids is 1. The zero-order valence-corrected chi connectivity index (χ0v) is 11.3. The van der Waals surface area contributed by atoms with Crippen molar-refractivity contribution in [2.24, 2.45) is 5.73 Å². The predicted octanol–water partition coefficient (Wildman–Crippen LogP) is -0.584. The van der Waals surface area contributed by atoms with Gasteiger partial charge in [0, 0.05) is 52.2 Å². The van der Waals surface area contributed by atoms with E-state index < -0.39 is 0 Å². The van der Waals surface area contributed by atoms with Crippen LogP contribution in [0.15, 0.2) is 0 Å². The number of thiocarbonyl (C=S) groups is 1. The molecule has 98 valence electrons. The number of rotatable bonds is 6. The highest BCUT2D eigenvalue weighted by Gasteiger charge is 2.17. The zero-order chi connectivity index (χ0) is 12.7. The van der Waals surface area contributed by atoms with Gasteiger partial charge in [0.15, 0.2) is 0 Å². The Kier molecular flexibility index (Phi) is 6.39. The largest absolute Gasteiger partial charge is 0.392 e. The van der Waals surface area contributed by atoms with E-state index in [-0.39, 0.29) is 5.91 Å². The second kappa shape index (κ2) is 7.58. The summed E-state index contributed by atoms with van der Waals surface area (Å²) < 4.78 is 0. The lowest BCUT2D eigenvalue weighted by Gasteiger charge is -2.34. The van der Waals surface area contributed by atoms with E-state index in [0.717, 1.165) is 32.7 Å². The summed E-state index contributed by atoms with van der Waals surface area (Å²) in [5.41, 5.74) is 5.51. The molecule has 0 aromatic carbocycles. The van der Waals surface area contributed by atoms with Gasteiger partial charge in [-0.2, -0.15) is 0 Å². The van der Waals surface area contributed by atoms with E-state index in [9.17, 15) is 4.79 Å². The molecule has 0 unspecified atom stereocenters. The molecule has 0 spiro atoms. The molecule has 1 aliphatic heterocycles. The third-order valence-corrected chi connectivity index (χ3v) is 3.00. The molecule has 0 aromatic heterocycles. The Morgan fingerprint density at radius 2 is 1.88 bits per heavy atom. The second-order valence-electron chi connectivity index (χ2n) is 4.29. The van der Waals surface area contributed by atoms with Gasteiger partial charge >= 0.3 is 0 Å². The Labute approximate surface area is 108 Å². The normalized spacial score (nSPS) is 17.9. The molecule has 1 fully saturated rings. The SMILES string of the molecule is CCNC(=O)CCN1CCN(CC(N)=S)CC1. The number of nitrogens with zero attached hydrogens (tertiary/aromatic N) is 2. The van der Waals surface area contributed by atoms with Crippen molar-refractivity contribution in [2.45, 2.75) is 13.3 Å². The van der Waals surface area contributed by atoms with Crippen molar-refractivity contribution >= 4 is 23.1 Å². The van der Waals surface area contributed by atoms with Gasteiger partial charge in [-0.1, -0.05) is 12.2 Å². The van der Waals surface area contributed by atoms with Gasteiger partial charge in [0.2, 0.25) is 5.91 Å². The number of piperazine rings is 1. The minimum Gasteiger partial charge on any atom is -0.392 e. The van der Waals surface area contributed by atoms with E-state index in [0.29, 0.717) is 24.5 Å². The Morgan fingerprint density at radius 1 is 1.29 bits per heavy atom. The molecule has 0 atom stereocenters. The molecule has 0 aromatic rings. The predicted molar refractivity (Wildman–Crippen MR) is 73.0 cm³/mol. The monoisotopic (exact) mass is 258 g/mol. The van der Waals surface area contributed by atoms with E-state index in [1.165, 1.54) is 0 Å². The smallest absolute Gasteiger partial charge is 0.221 e. The molecule has 17 heavy (non-hydrogen) atoms. The fraction of sp³-hybridized carbons (Fsp3) is 0.818. The molecule has 6 heteroatoms. The van der Waals surface area contributed by atoms with Crippen LogP contribution in [0.25, 0.3) is 0 Å². The summed E-state index contributed by atoms with van der Waals surface area (Å²) in [6.45, 7) is 8.13. The summed E-state index contributed by atoms with van der Waals surface area (Å²) >= 11 is 4.89. The lowest BCUT2D eigenvalue weighted by Crippen LogP contribution is -2.49. The molecular formula is C11H22N4OS. The topological polar surface area (TPSA) is 61.6 Å². The molecule has 0 bridgehead atoms. The van der Waals surface area contributed by atoms with Crippen molar-refractivity contribution in [2.75, 3.05) is 45.8 Å². The lowest BCUT2D eigenvalue weighted by molar-refractivity contribution is -0.121. The minimum absolute atomic E-state index is 0.137. The first-order chi connectivity index (χ1) is 8.11. The molecule has 1 amide bonds. The fourth-order valence-corrected chi connectivity index (χ4v) is 2.12. The molecule has 1 saturated heterocycles. The summed E-state index contributed by atoms with van der Waals surface area (Å²) in [4.78, 5) is 16.4. The molecular weight excluding hydrogens is 236 g/mol. The Hall–Kier alpha value is -0.720. The van der Waals surface area contributed by atoms with Gasteiger partial charge in [0.1, 0.15) is 0 Å². The Balaban J connectivity index is 2.14. The average molecular weight is 258 g/mol. The van der Waals surface area contributed by atoms with Crippen molar-refractivity contribution in [3.8, 4) is 0 Å². The number of amides is 1. The standard InChI is InChI=1S/C11H22N4OS/c1-2-13-11(16)3-4-14-5-7-15(8-6-14)9-10(12)17/h2-9H2,1H3,(H2,12,17)(H,13,16). The molecule has 1 heterocycles. The van der Waals surface area contributed by atoms with Gasteiger partial charge in [0.05, 0.1) is 4.99 Å². The van der Waals surface area contributed by atoms with Crippen molar-refractivity contribution in [1.29, 1.82) is 0 Å². The number of carbonyl (C=O) groups is 1. The Bertz CT molecular complexity index is 264. The first kappa shape index (κ1) is 14.3. The van der Waals surface area contributed by atoms with Crippen LogP contribution < -0.4 is 11.1 Å². The number of nitrogens with one attached hydrogen (secondary N) is 1. The van der Waals surface area contributed by atoms with Crippen molar-refractivity contribution < 1.29 is 4.79 Å². The van der Waals surface area contributed by atoms with E-state index >= 15 is 0 Å². The van der Waals surface area contributed by atoms with E-state index in [2.05, 4.69) is 15.1 Å². The summed E-state index contributed by atoms with van der Waals surface area (Å²) in [7, 11) is 0. The third kappa shape index (κ3) is 5.95. The van der Waals surface area contributed by atoms with Crippen LogP contribution in [0.4, 0.5) is 0 Å². The van der Waals surface area contributed by atoms with Gasteiger partial charge in [-0.15, -0.1) is 0 Å². The molecule has 1 aliphatic rings. The van der Waals surface area contributed by atoms with E-state index in [1.54, 1.807) is 0 Å².